The Balaban J connectivity index is 1.98. The number of halogens is 1. The summed E-state index contributed by atoms with van der Waals surface area (Å²) < 4.78 is 6.45. The second-order valence-electron chi connectivity index (χ2n) is 2.94. The van der Waals surface area contributed by atoms with Crippen molar-refractivity contribution in [2.24, 2.45) is 0 Å². The van der Waals surface area contributed by atoms with E-state index in [1.807, 2.05) is 24.3 Å². The topological polar surface area (TPSA) is 25.2 Å². The molecule has 1 N–H and O–H groups in total. The van der Waals surface area contributed by atoms with E-state index in [0.29, 0.717) is 0 Å². The monoisotopic (exact) mass is 299 g/mol. The van der Waals surface area contributed by atoms with Crippen LogP contribution in [0.3, 0.4) is 0 Å². The van der Waals surface area contributed by atoms with E-state index < -0.39 is 0 Å². The zero-order valence-electron chi connectivity index (χ0n) is 7.53. The van der Waals surface area contributed by atoms with Gasteiger partial charge in [-0.05, 0) is 52.9 Å². The molecule has 0 fully saturated rings. The van der Waals surface area contributed by atoms with Crippen molar-refractivity contribution in [1.82, 2.24) is 0 Å². The first-order chi connectivity index (χ1) is 6.84. The van der Waals surface area contributed by atoms with Crippen LogP contribution in [0.1, 0.15) is 5.76 Å². The van der Waals surface area contributed by atoms with Crippen LogP contribution in [0.4, 0.5) is 5.69 Å². The van der Waals surface area contributed by atoms with Crippen LogP contribution in [0.5, 0.6) is 0 Å². The first kappa shape index (κ1) is 9.58. The first-order valence-corrected chi connectivity index (χ1v) is 5.44. The summed E-state index contributed by atoms with van der Waals surface area (Å²) in [5.74, 6) is 0.948. The SMILES string of the molecule is Ic1cccc(NCc2ccco2)c1. The number of hydrogen-bond donors (Lipinski definition) is 1. The highest BCUT2D eigenvalue weighted by Gasteiger charge is 1.95. The highest BCUT2D eigenvalue weighted by atomic mass is 127. The fraction of sp³-hybridized carbons (Fsp3) is 0.0909. The second kappa shape index (κ2) is 4.50. The average Bonchev–Trinajstić information content (AvgIpc) is 2.67. The number of anilines is 1. The normalized spacial score (nSPS) is 10.1. The van der Waals surface area contributed by atoms with Crippen LogP contribution < -0.4 is 5.32 Å². The molecule has 1 aromatic heterocycles. The molecule has 0 saturated carbocycles. The third-order valence-corrected chi connectivity index (χ3v) is 2.54. The Morgan fingerprint density at radius 1 is 1.21 bits per heavy atom. The fourth-order valence-corrected chi connectivity index (χ4v) is 1.74. The molecule has 0 bridgehead atoms. The van der Waals surface area contributed by atoms with Crippen LogP contribution >= 0.6 is 22.6 Å². The molecule has 0 spiro atoms. The van der Waals surface area contributed by atoms with E-state index in [1.54, 1.807) is 6.26 Å². The third kappa shape index (κ3) is 2.51. The third-order valence-electron chi connectivity index (χ3n) is 1.87. The Morgan fingerprint density at radius 2 is 2.14 bits per heavy atom. The van der Waals surface area contributed by atoms with Crippen molar-refractivity contribution in [3.63, 3.8) is 0 Å². The minimum Gasteiger partial charge on any atom is -0.467 e. The first-order valence-electron chi connectivity index (χ1n) is 4.36. The van der Waals surface area contributed by atoms with E-state index in [1.165, 1.54) is 3.57 Å². The van der Waals surface area contributed by atoms with Gasteiger partial charge in [0.25, 0.3) is 0 Å². The zero-order valence-corrected chi connectivity index (χ0v) is 9.69. The summed E-state index contributed by atoms with van der Waals surface area (Å²) in [5.41, 5.74) is 1.12. The quantitative estimate of drug-likeness (QED) is 0.878. The standard InChI is InChI=1S/C11H10INO/c12-9-3-1-4-10(7-9)13-8-11-5-2-6-14-11/h1-7,13H,8H2. The summed E-state index contributed by atoms with van der Waals surface area (Å²) >= 11 is 2.30. The molecule has 0 radical (unpaired) electrons. The summed E-state index contributed by atoms with van der Waals surface area (Å²) in [6.45, 7) is 0.729. The number of benzene rings is 1. The maximum Gasteiger partial charge on any atom is 0.122 e. The Morgan fingerprint density at radius 3 is 2.86 bits per heavy atom. The van der Waals surface area contributed by atoms with E-state index in [9.17, 15) is 0 Å². The van der Waals surface area contributed by atoms with Crippen LogP contribution in [-0.2, 0) is 6.54 Å². The van der Waals surface area contributed by atoms with Crippen LogP contribution in [0.2, 0.25) is 0 Å². The molecule has 2 nitrogen and oxygen atoms in total. The maximum absolute atomic E-state index is 5.22. The molecular formula is C11H10INO. The van der Waals surface area contributed by atoms with Gasteiger partial charge in [0.2, 0.25) is 0 Å². The lowest BCUT2D eigenvalue weighted by molar-refractivity contribution is 0.518. The van der Waals surface area contributed by atoms with Crippen LogP contribution in [0, 0.1) is 3.57 Å². The molecule has 1 heterocycles. The van der Waals surface area contributed by atoms with Crippen molar-refractivity contribution in [3.8, 4) is 0 Å². The maximum atomic E-state index is 5.22. The smallest absolute Gasteiger partial charge is 0.122 e. The minimum atomic E-state index is 0.729. The molecule has 0 saturated heterocycles. The summed E-state index contributed by atoms with van der Waals surface area (Å²) in [7, 11) is 0. The van der Waals surface area contributed by atoms with Gasteiger partial charge in [0.15, 0.2) is 0 Å². The van der Waals surface area contributed by atoms with E-state index in [-0.39, 0.29) is 0 Å². The van der Waals surface area contributed by atoms with Crippen molar-refractivity contribution >= 4 is 28.3 Å². The average molecular weight is 299 g/mol. The lowest BCUT2D eigenvalue weighted by Gasteiger charge is -2.04. The molecule has 0 atom stereocenters. The molecule has 2 aromatic rings. The second-order valence-corrected chi connectivity index (χ2v) is 4.19. The van der Waals surface area contributed by atoms with Crippen molar-refractivity contribution in [1.29, 1.82) is 0 Å². The molecule has 14 heavy (non-hydrogen) atoms. The Kier molecular flexibility index (Phi) is 3.08. The summed E-state index contributed by atoms with van der Waals surface area (Å²) in [4.78, 5) is 0. The van der Waals surface area contributed by atoms with E-state index in [2.05, 4.69) is 40.0 Å². The highest BCUT2D eigenvalue weighted by Crippen LogP contribution is 2.13. The van der Waals surface area contributed by atoms with Gasteiger partial charge in [-0.25, -0.2) is 0 Å². The molecular weight excluding hydrogens is 289 g/mol. The van der Waals surface area contributed by atoms with Gasteiger partial charge in [-0.3, -0.25) is 0 Å². The number of furan rings is 1. The van der Waals surface area contributed by atoms with Gasteiger partial charge in [0.1, 0.15) is 5.76 Å². The van der Waals surface area contributed by atoms with Gasteiger partial charge in [-0.2, -0.15) is 0 Å². The molecule has 0 aliphatic rings. The van der Waals surface area contributed by atoms with Crippen LogP contribution in [0.15, 0.2) is 47.1 Å². The molecule has 0 aliphatic carbocycles. The van der Waals surface area contributed by atoms with Crippen LogP contribution in [-0.4, -0.2) is 0 Å². The van der Waals surface area contributed by atoms with Crippen LogP contribution in [0.25, 0.3) is 0 Å². The van der Waals surface area contributed by atoms with Gasteiger partial charge in [-0.1, -0.05) is 6.07 Å². The molecule has 1 aromatic carbocycles. The van der Waals surface area contributed by atoms with E-state index >= 15 is 0 Å². The van der Waals surface area contributed by atoms with Crippen molar-refractivity contribution in [3.05, 3.63) is 52.0 Å². The Bertz CT molecular complexity index is 397. The molecule has 0 aliphatic heterocycles. The lowest BCUT2D eigenvalue weighted by atomic mass is 10.3. The van der Waals surface area contributed by atoms with Gasteiger partial charge < -0.3 is 9.73 Å². The van der Waals surface area contributed by atoms with Crippen molar-refractivity contribution in [2.45, 2.75) is 6.54 Å². The summed E-state index contributed by atoms with van der Waals surface area (Å²) in [6, 6.07) is 12.1. The molecule has 0 amide bonds. The Hall–Kier alpha value is -0.970. The molecule has 72 valence electrons. The number of nitrogens with one attached hydrogen (secondary N) is 1. The summed E-state index contributed by atoms with van der Waals surface area (Å²) in [5, 5.41) is 3.29. The van der Waals surface area contributed by atoms with E-state index in [4.69, 9.17) is 4.42 Å². The highest BCUT2D eigenvalue weighted by molar-refractivity contribution is 14.1. The van der Waals surface area contributed by atoms with Crippen molar-refractivity contribution < 1.29 is 4.42 Å². The molecule has 0 unspecified atom stereocenters. The van der Waals surface area contributed by atoms with Gasteiger partial charge in [0, 0.05) is 9.26 Å². The van der Waals surface area contributed by atoms with Gasteiger partial charge in [0.05, 0.1) is 12.8 Å². The minimum absolute atomic E-state index is 0.729. The van der Waals surface area contributed by atoms with Crippen molar-refractivity contribution in [2.75, 3.05) is 5.32 Å². The molecule has 3 heteroatoms. The number of hydrogen-bond acceptors (Lipinski definition) is 2. The largest absolute Gasteiger partial charge is 0.467 e. The lowest BCUT2D eigenvalue weighted by Crippen LogP contribution is -1.97. The zero-order chi connectivity index (χ0) is 9.80. The molecule has 2 rings (SSSR count). The van der Waals surface area contributed by atoms with Gasteiger partial charge in [-0.15, -0.1) is 0 Å². The Labute approximate surface area is 96.5 Å². The fourth-order valence-electron chi connectivity index (χ4n) is 1.20. The predicted molar refractivity (Wildman–Crippen MR) is 65.2 cm³/mol. The van der Waals surface area contributed by atoms with Gasteiger partial charge >= 0.3 is 0 Å². The number of rotatable bonds is 3. The predicted octanol–water partition coefficient (Wildman–Crippen LogP) is 3.50. The summed E-state index contributed by atoms with van der Waals surface area (Å²) in [6.07, 6.45) is 1.69. The van der Waals surface area contributed by atoms with E-state index in [0.717, 1.165) is 18.0 Å².